The highest BCUT2D eigenvalue weighted by Crippen LogP contribution is 2.29. The van der Waals surface area contributed by atoms with E-state index in [1.165, 1.54) is 36.4 Å². The molecule has 0 atom stereocenters. The summed E-state index contributed by atoms with van der Waals surface area (Å²) < 4.78 is 55.7. The molecular weight excluding hydrogens is 336 g/mol. The van der Waals surface area contributed by atoms with Crippen LogP contribution in [0.15, 0.2) is 47.4 Å². The third-order valence-electron chi connectivity index (χ3n) is 2.80. The molecule has 1 N–H and O–H groups in total. The highest BCUT2D eigenvalue weighted by molar-refractivity contribution is 7.92. The summed E-state index contributed by atoms with van der Waals surface area (Å²) in [6.45, 7) is -1.32. The van der Waals surface area contributed by atoms with E-state index in [0.29, 0.717) is 5.02 Å². The first-order chi connectivity index (χ1) is 10.3. The maximum atomic E-state index is 12.3. The lowest BCUT2D eigenvalue weighted by molar-refractivity contribution is -0.0493. The van der Waals surface area contributed by atoms with Gasteiger partial charge in [-0.25, -0.2) is 8.42 Å². The summed E-state index contributed by atoms with van der Waals surface area (Å²) in [6, 6.07) is 9.74. The summed E-state index contributed by atoms with van der Waals surface area (Å²) >= 11 is 5.91. The highest BCUT2D eigenvalue weighted by atomic mass is 35.5. The van der Waals surface area contributed by atoms with E-state index in [1.807, 2.05) is 0 Å². The molecule has 2 aromatic carbocycles. The van der Waals surface area contributed by atoms with Gasteiger partial charge in [-0.3, -0.25) is 4.72 Å². The predicted molar refractivity (Wildman–Crippen MR) is 80.1 cm³/mol. The van der Waals surface area contributed by atoms with E-state index in [0.717, 1.165) is 5.56 Å². The second-order valence-electron chi connectivity index (χ2n) is 4.39. The Kier molecular flexibility index (Phi) is 4.87. The maximum Gasteiger partial charge on any atom is 0.387 e. The summed E-state index contributed by atoms with van der Waals surface area (Å²) in [7, 11) is -3.97. The van der Waals surface area contributed by atoms with Crippen molar-refractivity contribution in [2.24, 2.45) is 0 Å². The van der Waals surface area contributed by atoms with E-state index in [9.17, 15) is 17.2 Å². The first-order valence-corrected chi connectivity index (χ1v) is 7.98. The van der Waals surface area contributed by atoms with Crippen LogP contribution in [-0.2, 0) is 10.0 Å². The van der Waals surface area contributed by atoms with E-state index in [2.05, 4.69) is 9.46 Å². The van der Waals surface area contributed by atoms with Crippen LogP contribution in [0.25, 0.3) is 0 Å². The van der Waals surface area contributed by atoms with Crippen molar-refractivity contribution in [2.75, 3.05) is 4.72 Å². The minimum absolute atomic E-state index is 0.0741. The van der Waals surface area contributed by atoms with E-state index in [-0.39, 0.29) is 16.3 Å². The van der Waals surface area contributed by atoms with Crippen molar-refractivity contribution in [2.45, 2.75) is 18.4 Å². The average molecular weight is 348 g/mol. The van der Waals surface area contributed by atoms with Crippen LogP contribution in [0.1, 0.15) is 5.56 Å². The fourth-order valence-electron chi connectivity index (χ4n) is 1.69. The van der Waals surface area contributed by atoms with Crippen molar-refractivity contribution < 1.29 is 21.9 Å². The number of sulfonamides is 1. The topological polar surface area (TPSA) is 55.4 Å². The van der Waals surface area contributed by atoms with Crippen molar-refractivity contribution in [3.63, 3.8) is 0 Å². The molecule has 2 aromatic rings. The molecule has 0 spiro atoms. The lowest BCUT2D eigenvalue weighted by Gasteiger charge is -2.13. The number of rotatable bonds is 5. The molecule has 0 aliphatic carbocycles. The monoisotopic (exact) mass is 347 g/mol. The number of ether oxygens (including phenoxy) is 1. The minimum atomic E-state index is -3.97. The number of halogens is 3. The van der Waals surface area contributed by atoms with Crippen LogP contribution in [0.4, 0.5) is 14.5 Å². The molecule has 0 aromatic heterocycles. The Hall–Kier alpha value is -1.86. The molecular formula is C14H12ClF2NO3S. The molecule has 0 saturated carbocycles. The molecule has 22 heavy (non-hydrogen) atoms. The van der Waals surface area contributed by atoms with E-state index in [1.54, 1.807) is 13.0 Å². The standard InChI is InChI=1S/C14H12ClF2NO3S/c1-9-6-7-10(8-11(9)15)22(19,20)18-12-4-2-3-5-13(12)21-14(16)17/h2-8,14,18H,1H3. The van der Waals surface area contributed by atoms with Crippen LogP contribution < -0.4 is 9.46 Å². The second kappa shape index (κ2) is 6.50. The predicted octanol–water partition coefficient (Wildman–Crippen LogP) is 4.05. The quantitative estimate of drug-likeness (QED) is 0.887. The molecule has 0 unspecified atom stereocenters. The molecule has 0 bridgehead atoms. The SMILES string of the molecule is Cc1ccc(S(=O)(=O)Nc2ccccc2OC(F)F)cc1Cl. The van der Waals surface area contributed by atoms with Crippen LogP contribution in [0, 0.1) is 6.92 Å². The Labute approximate surface area is 131 Å². The van der Waals surface area contributed by atoms with Gasteiger partial charge in [0.05, 0.1) is 10.6 Å². The molecule has 0 aliphatic rings. The number of alkyl halides is 2. The zero-order chi connectivity index (χ0) is 16.3. The Morgan fingerprint density at radius 2 is 1.86 bits per heavy atom. The molecule has 0 heterocycles. The zero-order valence-corrected chi connectivity index (χ0v) is 13.0. The number of benzene rings is 2. The fourth-order valence-corrected chi connectivity index (χ4v) is 3.04. The molecule has 0 saturated heterocycles. The molecule has 8 heteroatoms. The summed E-state index contributed by atoms with van der Waals surface area (Å²) in [6.07, 6.45) is 0. The first kappa shape index (κ1) is 16.5. The van der Waals surface area contributed by atoms with Crippen molar-refractivity contribution in [1.29, 1.82) is 0 Å². The van der Waals surface area contributed by atoms with Crippen molar-refractivity contribution in [3.05, 3.63) is 53.1 Å². The maximum absolute atomic E-state index is 12.3. The summed E-state index contributed by atoms with van der Waals surface area (Å²) in [4.78, 5) is -0.0741. The Morgan fingerprint density at radius 3 is 2.50 bits per heavy atom. The fraction of sp³-hybridized carbons (Fsp3) is 0.143. The molecule has 0 aliphatic heterocycles. The van der Waals surface area contributed by atoms with Gasteiger partial charge in [-0.05, 0) is 36.8 Å². The van der Waals surface area contributed by atoms with Crippen LogP contribution in [0.3, 0.4) is 0 Å². The van der Waals surface area contributed by atoms with Crippen molar-refractivity contribution in [3.8, 4) is 5.75 Å². The third-order valence-corrected chi connectivity index (χ3v) is 4.57. The minimum Gasteiger partial charge on any atom is -0.433 e. The number of hydrogen-bond donors (Lipinski definition) is 1. The van der Waals surface area contributed by atoms with Gasteiger partial charge in [0, 0.05) is 5.02 Å². The Morgan fingerprint density at radius 1 is 1.18 bits per heavy atom. The van der Waals surface area contributed by atoms with Gasteiger partial charge in [0.15, 0.2) is 0 Å². The molecule has 0 radical (unpaired) electrons. The van der Waals surface area contributed by atoms with Crippen molar-refractivity contribution in [1.82, 2.24) is 0 Å². The van der Waals surface area contributed by atoms with Gasteiger partial charge in [-0.15, -0.1) is 0 Å². The smallest absolute Gasteiger partial charge is 0.387 e. The van der Waals surface area contributed by atoms with Crippen molar-refractivity contribution >= 4 is 27.3 Å². The number of para-hydroxylation sites is 2. The Balaban J connectivity index is 2.35. The highest BCUT2D eigenvalue weighted by Gasteiger charge is 2.18. The van der Waals surface area contributed by atoms with E-state index < -0.39 is 16.6 Å². The molecule has 0 amide bonds. The van der Waals surface area contributed by atoms with Gasteiger partial charge < -0.3 is 4.74 Å². The average Bonchev–Trinajstić information content (AvgIpc) is 2.43. The van der Waals surface area contributed by atoms with E-state index >= 15 is 0 Å². The van der Waals surface area contributed by atoms with Crippen LogP contribution in [0.5, 0.6) is 5.75 Å². The van der Waals surface area contributed by atoms with Gasteiger partial charge in [0.1, 0.15) is 5.75 Å². The van der Waals surface area contributed by atoms with E-state index in [4.69, 9.17) is 11.6 Å². The number of nitrogens with one attached hydrogen (secondary N) is 1. The van der Waals surface area contributed by atoms with Gasteiger partial charge in [0.25, 0.3) is 10.0 Å². The lowest BCUT2D eigenvalue weighted by atomic mass is 10.2. The molecule has 118 valence electrons. The van der Waals surface area contributed by atoms with Crippen LogP contribution in [-0.4, -0.2) is 15.0 Å². The first-order valence-electron chi connectivity index (χ1n) is 6.12. The van der Waals surface area contributed by atoms with Gasteiger partial charge in [0.2, 0.25) is 0 Å². The summed E-state index contributed by atoms with van der Waals surface area (Å²) in [5.41, 5.74) is 0.640. The third kappa shape index (κ3) is 3.86. The normalized spacial score (nSPS) is 11.5. The van der Waals surface area contributed by atoms with Gasteiger partial charge >= 0.3 is 6.61 Å². The molecule has 0 fully saturated rings. The molecule has 4 nitrogen and oxygen atoms in total. The Bertz CT molecular complexity index is 781. The molecule has 2 rings (SSSR count). The second-order valence-corrected chi connectivity index (χ2v) is 6.48. The van der Waals surface area contributed by atoms with Crippen LogP contribution >= 0.6 is 11.6 Å². The summed E-state index contributed by atoms with van der Waals surface area (Å²) in [5.74, 6) is -0.265. The number of hydrogen-bond acceptors (Lipinski definition) is 3. The number of aryl methyl sites for hydroxylation is 1. The summed E-state index contributed by atoms with van der Waals surface area (Å²) in [5, 5.41) is 0.292. The lowest BCUT2D eigenvalue weighted by Crippen LogP contribution is -2.14. The van der Waals surface area contributed by atoms with Gasteiger partial charge in [-0.2, -0.15) is 8.78 Å². The number of anilines is 1. The largest absolute Gasteiger partial charge is 0.433 e. The zero-order valence-electron chi connectivity index (χ0n) is 11.4. The van der Waals surface area contributed by atoms with Gasteiger partial charge in [-0.1, -0.05) is 29.8 Å². The van der Waals surface area contributed by atoms with Crippen LogP contribution in [0.2, 0.25) is 5.02 Å².